The summed E-state index contributed by atoms with van der Waals surface area (Å²) in [7, 11) is 17.6. The van der Waals surface area contributed by atoms with E-state index in [1.165, 1.54) is 66.8 Å². The summed E-state index contributed by atoms with van der Waals surface area (Å²) >= 11 is -4.86. The Hall–Kier alpha value is -1.96. The molecule has 4 heteroatoms. The van der Waals surface area contributed by atoms with Crippen molar-refractivity contribution in [2.75, 3.05) is 0 Å². The zero-order chi connectivity index (χ0) is 34.1. The standard InChI is InChI=1S/2C21H23.C2H7Si.2ClH.Zr/c2*1-3-8-16-14-19-13-12-17(9-4-2)21(20(19)15-16)18-10-6-5-7-11-18;1-3-2;;;/h2*5-7,10-15H,3-4,8-9H2,1-2H3;3H,1-2H3;2*1H;/q;;;;;+2/p-2. The van der Waals surface area contributed by atoms with Crippen LogP contribution in [0.1, 0.15) is 107 Å². The number of rotatable bonds is 13. The fraction of sp³-hybridized carbons (Fsp3) is 0.364. The van der Waals surface area contributed by atoms with E-state index in [1.807, 2.05) is 0 Å². The maximum absolute atomic E-state index is 8.81. The predicted octanol–water partition coefficient (Wildman–Crippen LogP) is 14.1. The molecule has 0 nitrogen and oxygen atoms in total. The molecule has 4 aromatic rings. The number of hydrogen-bond acceptors (Lipinski definition) is 0. The fourth-order valence-corrected chi connectivity index (χ4v) is 40.6. The van der Waals surface area contributed by atoms with Crippen molar-refractivity contribution in [2.24, 2.45) is 0 Å². The molecule has 0 aromatic heterocycles. The van der Waals surface area contributed by atoms with Crippen LogP contribution in [0.4, 0.5) is 0 Å². The van der Waals surface area contributed by atoms with Gasteiger partial charge in [0.15, 0.2) is 0 Å². The van der Waals surface area contributed by atoms with E-state index in [4.69, 9.17) is 17.0 Å². The van der Waals surface area contributed by atoms with Crippen LogP contribution < -0.4 is 0 Å². The first-order valence-electron chi connectivity index (χ1n) is 18.6. The molecule has 0 radical (unpaired) electrons. The van der Waals surface area contributed by atoms with Crippen molar-refractivity contribution in [2.45, 2.75) is 99.4 Å². The van der Waals surface area contributed by atoms with Gasteiger partial charge in [-0.15, -0.1) is 0 Å². The van der Waals surface area contributed by atoms with Crippen LogP contribution in [-0.4, -0.2) is 5.92 Å². The third-order valence-corrected chi connectivity index (χ3v) is 63.1. The summed E-state index contributed by atoms with van der Waals surface area (Å²) in [6.07, 6.45) is 13.7. The van der Waals surface area contributed by atoms with Gasteiger partial charge in [-0.1, -0.05) is 0 Å². The van der Waals surface area contributed by atoms with Crippen LogP contribution in [0.25, 0.3) is 34.4 Å². The third-order valence-electron chi connectivity index (χ3n) is 11.2. The molecule has 2 unspecified atom stereocenters. The van der Waals surface area contributed by atoms with Gasteiger partial charge in [0.1, 0.15) is 0 Å². The quantitative estimate of drug-likeness (QED) is 0.119. The van der Waals surface area contributed by atoms with Crippen LogP contribution in [0.15, 0.2) is 96.1 Å². The van der Waals surface area contributed by atoms with E-state index < -0.39 is 21.5 Å². The summed E-state index contributed by atoms with van der Waals surface area (Å²) in [6.45, 7) is 14.2. The Kier molecular flexibility index (Phi) is 11.0. The van der Waals surface area contributed by atoms with E-state index in [-0.39, 0.29) is 7.25 Å². The second-order valence-corrected chi connectivity index (χ2v) is 57.1. The van der Waals surface area contributed by atoms with Gasteiger partial charge in [-0.05, 0) is 0 Å². The average molecular weight is 772 g/mol. The van der Waals surface area contributed by atoms with Gasteiger partial charge >= 0.3 is 302 Å². The van der Waals surface area contributed by atoms with Crippen molar-refractivity contribution >= 4 is 35.1 Å². The molecule has 2 aliphatic carbocycles. The number of benzene rings is 4. The van der Waals surface area contributed by atoms with Gasteiger partial charge in [-0.25, -0.2) is 0 Å². The number of halogens is 2. The zero-order valence-electron chi connectivity index (χ0n) is 29.9. The Balaban J connectivity index is 1.64. The summed E-state index contributed by atoms with van der Waals surface area (Å²) in [4.78, 5) is 0. The van der Waals surface area contributed by atoms with Gasteiger partial charge in [0.25, 0.3) is 0 Å². The van der Waals surface area contributed by atoms with E-state index in [2.05, 4.69) is 138 Å². The topological polar surface area (TPSA) is 0 Å². The monoisotopic (exact) mass is 769 g/mol. The number of fused-ring (bicyclic) bond motifs is 2. The molecule has 0 fully saturated rings. The first-order valence-corrected chi connectivity index (χ1v) is 34.9. The van der Waals surface area contributed by atoms with Crippen molar-refractivity contribution in [3.63, 3.8) is 0 Å². The molecule has 0 spiro atoms. The minimum atomic E-state index is -4.86. The summed E-state index contributed by atoms with van der Waals surface area (Å²) in [6, 6.07) is 31.8. The Morgan fingerprint density at radius 2 is 0.896 bits per heavy atom. The van der Waals surface area contributed by atoms with Crippen molar-refractivity contribution in [1.29, 1.82) is 0 Å². The molecule has 0 aliphatic heterocycles. The van der Waals surface area contributed by atoms with E-state index >= 15 is 0 Å². The van der Waals surface area contributed by atoms with E-state index in [1.54, 1.807) is 0 Å². The van der Waals surface area contributed by atoms with Gasteiger partial charge in [-0.3, -0.25) is 0 Å². The van der Waals surface area contributed by atoms with E-state index in [0.717, 1.165) is 51.4 Å². The van der Waals surface area contributed by atoms with Gasteiger partial charge in [-0.2, -0.15) is 0 Å². The predicted molar refractivity (Wildman–Crippen MR) is 214 cm³/mol. The molecule has 0 bridgehead atoms. The maximum atomic E-state index is 8.81. The SMILES string of the molecule is CCCC1=Cc2c(ccc(CCC)c2-c2ccccc2)[CH]1[Zr]([Cl])([Cl])([CH]1C(CCC)=Cc2c1ccc(CCC)c2-c1ccccc1)[SiH](C)C. The molecule has 0 heterocycles. The number of allylic oxidation sites excluding steroid dienone is 2. The summed E-state index contributed by atoms with van der Waals surface area (Å²) < 4.78 is 0.252. The fourth-order valence-electron chi connectivity index (χ4n) is 9.11. The van der Waals surface area contributed by atoms with Gasteiger partial charge in [0.2, 0.25) is 0 Å². The van der Waals surface area contributed by atoms with Crippen molar-refractivity contribution in [3.8, 4) is 22.3 Å². The molecule has 0 saturated carbocycles. The molecule has 251 valence electrons. The molecule has 2 atom stereocenters. The normalized spacial score (nSPS) is 17.9. The van der Waals surface area contributed by atoms with Crippen LogP contribution in [0.5, 0.6) is 0 Å². The summed E-state index contributed by atoms with van der Waals surface area (Å²) in [5, 5.41) is 0. The number of hydrogen-bond donors (Lipinski definition) is 0. The van der Waals surface area contributed by atoms with Crippen LogP contribution >= 0.6 is 17.0 Å². The van der Waals surface area contributed by atoms with E-state index in [0.29, 0.717) is 0 Å². The second kappa shape index (κ2) is 14.7. The molecular formula is C44H53Cl2SiZr. The first kappa shape index (κ1) is 35.9. The van der Waals surface area contributed by atoms with Crippen molar-refractivity contribution in [3.05, 3.63) is 129 Å². The van der Waals surface area contributed by atoms with Crippen LogP contribution in [-0.2, 0) is 28.4 Å². The molecule has 0 N–H and O–H groups in total. The van der Waals surface area contributed by atoms with Crippen LogP contribution in [0.3, 0.4) is 0 Å². The van der Waals surface area contributed by atoms with Crippen molar-refractivity contribution in [1.82, 2.24) is 0 Å². The minimum absolute atomic E-state index is 0.126. The van der Waals surface area contributed by atoms with Gasteiger partial charge in [0, 0.05) is 0 Å². The molecule has 0 amide bonds. The molecule has 2 aliphatic rings. The summed E-state index contributed by atoms with van der Waals surface area (Å²) in [5.41, 5.74) is 16.8. The van der Waals surface area contributed by atoms with Crippen LogP contribution in [0, 0.1) is 0 Å². The summed E-state index contributed by atoms with van der Waals surface area (Å²) in [5.74, 6) is -1.64. The van der Waals surface area contributed by atoms with Crippen molar-refractivity contribution < 1.29 is 15.6 Å². The molecule has 6 rings (SSSR count). The number of aryl methyl sites for hydroxylation is 2. The Morgan fingerprint density at radius 3 is 1.23 bits per heavy atom. The first-order chi connectivity index (χ1) is 23.2. The Morgan fingerprint density at radius 1 is 0.521 bits per heavy atom. The zero-order valence-corrected chi connectivity index (χ0v) is 35.0. The van der Waals surface area contributed by atoms with Crippen LogP contribution in [0.2, 0.25) is 13.1 Å². The van der Waals surface area contributed by atoms with E-state index in [9.17, 15) is 0 Å². The van der Waals surface area contributed by atoms with Gasteiger partial charge in [0.05, 0.1) is 0 Å². The van der Waals surface area contributed by atoms with Gasteiger partial charge < -0.3 is 0 Å². The molecule has 48 heavy (non-hydrogen) atoms. The molecular weight excluding hydrogens is 719 g/mol. The Bertz CT molecular complexity index is 1710. The molecule has 4 aromatic carbocycles. The Labute approximate surface area is 299 Å². The third kappa shape index (κ3) is 6.06. The second-order valence-electron chi connectivity index (χ2n) is 14.6. The molecule has 0 saturated heterocycles. The average Bonchev–Trinajstić information content (AvgIpc) is 3.65.